The number of imidazole rings is 1. The number of hydrogen-bond acceptors (Lipinski definition) is 6. The van der Waals surface area contributed by atoms with Crippen molar-refractivity contribution in [3.8, 4) is 11.1 Å². The third kappa shape index (κ3) is 6.75. The van der Waals surface area contributed by atoms with E-state index in [1.54, 1.807) is 11.6 Å². The van der Waals surface area contributed by atoms with E-state index in [9.17, 15) is 19.2 Å². The lowest BCUT2D eigenvalue weighted by Gasteiger charge is -2.37. The number of benzene rings is 2. The molecule has 2 N–H and O–H groups in total. The molecule has 4 heterocycles. The summed E-state index contributed by atoms with van der Waals surface area (Å²) < 4.78 is 9.27. The summed E-state index contributed by atoms with van der Waals surface area (Å²) in [6.45, 7) is 13.3. The Balaban J connectivity index is 1.39. The molecule has 0 spiro atoms. The van der Waals surface area contributed by atoms with Crippen molar-refractivity contribution in [1.82, 2.24) is 24.3 Å². The zero-order valence-corrected chi connectivity index (χ0v) is 30.2. The molecular formula is C39H50N6O5. The maximum atomic E-state index is 14.0. The molecule has 2 aliphatic rings. The number of pyridine rings is 1. The molecule has 0 atom stereocenters. The third-order valence-corrected chi connectivity index (χ3v) is 10.7. The van der Waals surface area contributed by atoms with E-state index in [0.29, 0.717) is 43.9 Å². The van der Waals surface area contributed by atoms with Gasteiger partial charge in [-0.25, -0.2) is 4.79 Å². The number of H-pyrrole nitrogens is 1. The molecule has 2 fully saturated rings. The number of fused-ring (bicyclic) bond motifs is 1. The number of likely N-dealkylation sites (tertiary alicyclic amines) is 1. The van der Waals surface area contributed by atoms with Gasteiger partial charge in [0, 0.05) is 87.5 Å². The lowest BCUT2D eigenvalue weighted by Crippen LogP contribution is -2.40. The Morgan fingerprint density at radius 2 is 1.66 bits per heavy atom. The Bertz CT molecular complexity index is 2030. The van der Waals surface area contributed by atoms with E-state index in [4.69, 9.17) is 4.74 Å². The van der Waals surface area contributed by atoms with Gasteiger partial charge in [0.15, 0.2) is 0 Å². The third-order valence-electron chi connectivity index (χ3n) is 10.7. The monoisotopic (exact) mass is 682 g/mol. The molecule has 2 aliphatic heterocycles. The van der Waals surface area contributed by atoms with E-state index in [2.05, 4.69) is 28.2 Å². The predicted octanol–water partition coefficient (Wildman–Crippen LogP) is 5.13. The fourth-order valence-electron chi connectivity index (χ4n) is 7.88. The van der Waals surface area contributed by atoms with Crippen LogP contribution in [0.25, 0.3) is 22.2 Å². The minimum atomic E-state index is -0.250. The number of nitrogens with zero attached hydrogens (tertiary/aromatic N) is 4. The molecule has 2 aromatic heterocycles. The number of carbonyl (C=O) groups excluding carboxylic acids is 2. The van der Waals surface area contributed by atoms with Gasteiger partial charge < -0.3 is 24.8 Å². The van der Waals surface area contributed by atoms with E-state index >= 15 is 0 Å². The van der Waals surface area contributed by atoms with Gasteiger partial charge in [0.05, 0.1) is 11.0 Å². The molecule has 11 heteroatoms. The highest BCUT2D eigenvalue weighted by Gasteiger charge is 2.28. The zero-order chi connectivity index (χ0) is 35.7. The van der Waals surface area contributed by atoms with E-state index in [1.807, 2.05) is 67.5 Å². The van der Waals surface area contributed by atoms with Crippen molar-refractivity contribution in [3.05, 3.63) is 85.2 Å². The minimum Gasteiger partial charge on any atom is -0.381 e. The number of carbonyl (C=O) groups is 2. The summed E-state index contributed by atoms with van der Waals surface area (Å²) in [5.41, 5.74) is 7.75. The minimum absolute atomic E-state index is 0.0150. The van der Waals surface area contributed by atoms with Crippen LogP contribution in [0.15, 0.2) is 46.0 Å². The van der Waals surface area contributed by atoms with Crippen molar-refractivity contribution in [3.63, 3.8) is 0 Å². The molecule has 2 amide bonds. The largest absolute Gasteiger partial charge is 0.381 e. The predicted molar refractivity (Wildman–Crippen MR) is 197 cm³/mol. The first-order chi connectivity index (χ1) is 24.0. The van der Waals surface area contributed by atoms with E-state index in [-0.39, 0.29) is 41.7 Å². The van der Waals surface area contributed by atoms with Crippen LogP contribution in [0.5, 0.6) is 0 Å². The van der Waals surface area contributed by atoms with Crippen LogP contribution >= 0.6 is 0 Å². The molecular weight excluding hydrogens is 632 g/mol. The molecule has 50 heavy (non-hydrogen) atoms. The summed E-state index contributed by atoms with van der Waals surface area (Å²) in [5, 5.41) is 3.03. The number of aromatic nitrogens is 3. The zero-order valence-electron chi connectivity index (χ0n) is 30.2. The van der Waals surface area contributed by atoms with E-state index < -0.39 is 0 Å². The summed E-state index contributed by atoms with van der Waals surface area (Å²) in [5.74, 6) is -0.0956. The number of aryl methyl sites for hydroxylation is 3. The Labute approximate surface area is 293 Å². The van der Waals surface area contributed by atoms with Crippen LogP contribution in [0.2, 0.25) is 0 Å². The topological polar surface area (TPSA) is 122 Å². The fraction of sp³-hybridized carbons (Fsp3) is 0.487. The average Bonchev–Trinajstić information content (AvgIpc) is 3.37. The summed E-state index contributed by atoms with van der Waals surface area (Å²) in [4.78, 5) is 59.8. The normalized spacial score (nSPS) is 15.8. The van der Waals surface area contributed by atoms with Crippen molar-refractivity contribution in [2.75, 3.05) is 37.7 Å². The van der Waals surface area contributed by atoms with Gasteiger partial charge >= 0.3 is 5.69 Å². The first-order valence-corrected chi connectivity index (χ1v) is 18.0. The van der Waals surface area contributed by atoms with Crippen LogP contribution in [0.1, 0.15) is 84.7 Å². The van der Waals surface area contributed by atoms with Crippen LogP contribution in [0.4, 0.5) is 5.69 Å². The van der Waals surface area contributed by atoms with Gasteiger partial charge in [0.25, 0.3) is 11.5 Å². The number of amides is 2. The van der Waals surface area contributed by atoms with Crippen molar-refractivity contribution >= 4 is 28.5 Å². The molecule has 11 nitrogen and oxygen atoms in total. The van der Waals surface area contributed by atoms with Gasteiger partial charge in [-0.2, -0.15) is 0 Å². The SMILES string of the molecule is CCC(=O)N1CCC(n2c(=O)n(C)c3cc(-c4cc(C(=O)NCc5c(C)cc(C)[nH]c5=O)c(C)c(N(CC)C5CCOCC5)c4)ccc32)CC1. The maximum Gasteiger partial charge on any atom is 0.329 e. The molecule has 4 aromatic rings. The standard InChI is InChI=1S/C39H50N6O5/c1-7-36(46)43-15-11-30(12-16-43)45-33-10-9-27(21-35(33)42(6)39(45)49)28-20-31(37(47)40-23-32-24(3)19-25(4)41-38(32)48)26(5)34(22-28)44(8-2)29-13-17-50-18-14-29/h9-10,19-22,29-30H,7-8,11-18,23H2,1-6H3,(H,40,47)(H,41,48). The highest BCUT2D eigenvalue weighted by molar-refractivity contribution is 5.99. The molecule has 0 unspecified atom stereocenters. The maximum absolute atomic E-state index is 14.0. The molecule has 2 aromatic carbocycles. The van der Waals surface area contributed by atoms with Gasteiger partial charge in [0.1, 0.15) is 0 Å². The lowest BCUT2D eigenvalue weighted by molar-refractivity contribution is -0.132. The van der Waals surface area contributed by atoms with Crippen molar-refractivity contribution in [1.29, 1.82) is 0 Å². The number of hydrogen-bond donors (Lipinski definition) is 2. The van der Waals surface area contributed by atoms with Crippen molar-refractivity contribution in [2.24, 2.45) is 7.05 Å². The number of anilines is 1. The Kier molecular flexibility index (Phi) is 10.3. The number of rotatable bonds is 9. The Morgan fingerprint density at radius 1 is 0.940 bits per heavy atom. The molecule has 266 valence electrons. The second-order valence-corrected chi connectivity index (χ2v) is 13.8. The molecule has 0 saturated carbocycles. The highest BCUT2D eigenvalue weighted by atomic mass is 16.5. The quantitative estimate of drug-likeness (QED) is 0.253. The lowest BCUT2D eigenvalue weighted by atomic mass is 9.95. The number of ether oxygens (including phenoxy) is 1. The molecule has 6 rings (SSSR count). The second kappa shape index (κ2) is 14.7. The average molecular weight is 683 g/mol. The van der Waals surface area contributed by atoms with Crippen molar-refractivity contribution < 1.29 is 14.3 Å². The van der Waals surface area contributed by atoms with Crippen molar-refractivity contribution in [2.45, 2.75) is 85.4 Å². The van der Waals surface area contributed by atoms with Gasteiger partial charge in [-0.05, 0) is 106 Å². The van der Waals surface area contributed by atoms with Crippen LogP contribution in [0.3, 0.4) is 0 Å². The molecule has 0 aliphatic carbocycles. The summed E-state index contributed by atoms with van der Waals surface area (Å²) in [6, 6.07) is 12.4. The molecule has 0 bridgehead atoms. The van der Waals surface area contributed by atoms with Crippen LogP contribution in [0, 0.1) is 20.8 Å². The molecule has 2 saturated heterocycles. The summed E-state index contributed by atoms with van der Waals surface area (Å²) >= 11 is 0. The van der Waals surface area contributed by atoms with Crippen LogP contribution in [-0.2, 0) is 23.1 Å². The van der Waals surface area contributed by atoms with E-state index in [0.717, 1.165) is 76.9 Å². The van der Waals surface area contributed by atoms with Gasteiger partial charge in [-0.1, -0.05) is 13.0 Å². The highest BCUT2D eigenvalue weighted by Crippen LogP contribution is 2.35. The van der Waals surface area contributed by atoms with Gasteiger partial charge in [-0.15, -0.1) is 0 Å². The summed E-state index contributed by atoms with van der Waals surface area (Å²) in [7, 11) is 1.80. The Hall–Kier alpha value is -4.64. The number of piperidine rings is 1. The van der Waals surface area contributed by atoms with Crippen LogP contribution < -0.4 is 21.5 Å². The first kappa shape index (κ1) is 35.2. The van der Waals surface area contributed by atoms with Crippen LogP contribution in [-0.4, -0.2) is 69.7 Å². The Morgan fingerprint density at radius 3 is 2.32 bits per heavy atom. The van der Waals surface area contributed by atoms with Gasteiger partial charge in [-0.3, -0.25) is 23.5 Å². The van der Waals surface area contributed by atoms with Gasteiger partial charge in [0.2, 0.25) is 5.91 Å². The number of aromatic amines is 1. The molecule has 0 radical (unpaired) electrons. The first-order valence-electron chi connectivity index (χ1n) is 18.0. The fourth-order valence-corrected chi connectivity index (χ4v) is 7.88. The number of nitrogens with one attached hydrogen (secondary N) is 2. The van der Waals surface area contributed by atoms with E-state index in [1.165, 1.54) is 0 Å². The smallest absolute Gasteiger partial charge is 0.329 e. The summed E-state index contributed by atoms with van der Waals surface area (Å²) in [6.07, 6.45) is 3.77. The second-order valence-electron chi connectivity index (χ2n) is 13.8.